The van der Waals surface area contributed by atoms with Crippen LogP contribution in [0.15, 0.2) is 93.8 Å². The molecule has 3 aromatic carbocycles. The summed E-state index contributed by atoms with van der Waals surface area (Å²) >= 11 is 11.7. The molecule has 6 heteroatoms. The van der Waals surface area contributed by atoms with E-state index in [0.717, 1.165) is 22.1 Å². The second-order valence-electron chi connectivity index (χ2n) is 9.49. The van der Waals surface area contributed by atoms with Crippen LogP contribution in [0.1, 0.15) is 25.5 Å². The van der Waals surface area contributed by atoms with Gasteiger partial charge in [0.25, 0.3) is 0 Å². The summed E-state index contributed by atoms with van der Waals surface area (Å²) in [5.74, 6) is -0.352. The molecule has 4 nitrogen and oxygen atoms in total. The molecule has 3 unspecified atom stereocenters. The van der Waals surface area contributed by atoms with Crippen LogP contribution in [-0.4, -0.2) is 5.97 Å². The number of allylic oxidation sites excluding steroid dienone is 1. The molecule has 3 atom stereocenters. The van der Waals surface area contributed by atoms with Crippen LogP contribution >= 0.6 is 23.2 Å². The van der Waals surface area contributed by atoms with Gasteiger partial charge in [-0.2, -0.15) is 5.26 Å². The van der Waals surface area contributed by atoms with Crippen LogP contribution in [0.3, 0.4) is 0 Å². The number of esters is 1. The van der Waals surface area contributed by atoms with Gasteiger partial charge in [-0.25, -0.2) is 0 Å². The first-order valence-electron chi connectivity index (χ1n) is 11.6. The summed E-state index contributed by atoms with van der Waals surface area (Å²) in [5.41, 5.74) is 3.49. The summed E-state index contributed by atoms with van der Waals surface area (Å²) in [6, 6.07) is 27.5. The molecule has 1 aliphatic rings. The van der Waals surface area contributed by atoms with Crippen molar-refractivity contribution in [1.29, 1.82) is 5.26 Å². The molecule has 0 saturated heterocycles. The number of carbonyl (C=O) groups excluding carboxylic acids is 1. The molecule has 1 heterocycles. The molecule has 180 valence electrons. The average Bonchev–Trinajstić information content (AvgIpc) is 3.22. The lowest BCUT2D eigenvalue weighted by Crippen LogP contribution is -2.14. The van der Waals surface area contributed by atoms with Crippen LogP contribution in [0, 0.1) is 28.6 Å². The number of halogens is 2. The van der Waals surface area contributed by atoms with E-state index in [4.69, 9.17) is 32.4 Å². The van der Waals surface area contributed by atoms with Crippen molar-refractivity contribution in [2.45, 2.75) is 20.0 Å². The molecule has 0 amide bonds. The molecule has 1 fully saturated rings. The fourth-order valence-electron chi connectivity index (χ4n) is 4.96. The molecule has 0 N–H and O–H groups in total. The maximum atomic E-state index is 13.1. The van der Waals surface area contributed by atoms with Gasteiger partial charge in [-0.3, -0.25) is 4.79 Å². The van der Waals surface area contributed by atoms with E-state index in [9.17, 15) is 10.1 Å². The standard InChI is InChI=1S/C30H23Cl2NO3/c1-30(2)22(16-24(31)32)26(30)29(34)35-23(17-33)20-14-9-15-21-25(18-10-5-3-6-11-18)27(36-28(20)21)19-12-7-4-8-13-19/h3-16,22-23,26H,1-2H3. The number of rotatable bonds is 6. The Labute approximate surface area is 219 Å². The minimum atomic E-state index is -1.13. The van der Waals surface area contributed by atoms with Crippen LogP contribution < -0.4 is 0 Å². The Kier molecular flexibility index (Phi) is 6.38. The van der Waals surface area contributed by atoms with E-state index in [1.165, 1.54) is 0 Å². The molecule has 1 saturated carbocycles. The van der Waals surface area contributed by atoms with Gasteiger partial charge in [0.1, 0.15) is 21.9 Å². The van der Waals surface area contributed by atoms with E-state index in [0.29, 0.717) is 16.9 Å². The molecule has 0 aliphatic heterocycles. The van der Waals surface area contributed by atoms with Gasteiger partial charge in [-0.1, -0.05) is 116 Å². The number of furan rings is 1. The van der Waals surface area contributed by atoms with Gasteiger partial charge in [-0.15, -0.1) is 0 Å². The highest BCUT2D eigenvalue weighted by atomic mass is 35.5. The van der Waals surface area contributed by atoms with Crippen molar-refractivity contribution < 1.29 is 13.9 Å². The third-order valence-corrected chi connectivity index (χ3v) is 7.20. The number of fused-ring (bicyclic) bond motifs is 1. The van der Waals surface area contributed by atoms with Crippen molar-refractivity contribution >= 4 is 40.1 Å². The minimum Gasteiger partial charge on any atom is -0.455 e. The lowest BCUT2D eigenvalue weighted by molar-refractivity contribution is -0.149. The number of benzene rings is 3. The number of hydrogen-bond donors (Lipinski definition) is 0. The number of ether oxygens (including phenoxy) is 1. The summed E-state index contributed by atoms with van der Waals surface area (Å²) in [6.07, 6.45) is 0.522. The summed E-state index contributed by atoms with van der Waals surface area (Å²) in [6.45, 7) is 3.90. The second kappa shape index (κ2) is 9.50. The van der Waals surface area contributed by atoms with Crippen molar-refractivity contribution in [2.24, 2.45) is 17.3 Å². The van der Waals surface area contributed by atoms with Crippen molar-refractivity contribution in [2.75, 3.05) is 0 Å². The second-order valence-corrected chi connectivity index (χ2v) is 10.5. The summed E-state index contributed by atoms with van der Waals surface area (Å²) in [7, 11) is 0. The molecular weight excluding hydrogens is 493 g/mol. The number of hydrogen-bond acceptors (Lipinski definition) is 4. The number of nitrogens with zero attached hydrogens (tertiary/aromatic N) is 1. The van der Waals surface area contributed by atoms with Crippen molar-refractivity contribution in [1.82, 2.24) is 0 Å². The highest BCUT2D eigenvalue weighted by molar-refractivity contribution is 6.55. The highest BCUT2D eigenvalue weighted by Crippen LogP contribution is 2.60. The van der Waals surface area contributed by atoms with Crippen molar-refractivity contribution in [3.05, 3.63) is 95.0 Å². The van der Waals surface area contributed by atoms with Crippen molar-refractivity contribution in [3.8, 4) is 28.5 Å². The van der Waals surface area contributed by atoms with E-state index in [2.05, 4.69) is 6.07 Å². The van der Waals surface area contributed by atoms with Crippen LogP contribution in [0.5, 0.6) is 0 Å². The highest BCUT2D eigenvalue weighted by Gasteiger charge is 2.62. The molecule has 1 aromatic heterocycles. The van der Waals surface area contributed by atoms with Crippen molar-refractivity contribution in [3.63, 3.8) is 0 Å². The molecule has 5 rings (SSSR count). The van der Waals surface area contributed by atoms with Crippen LogP contribution in [-0.2, 0) is 9.53 Å². The molecular formula is C30H23Cl2NO3. The molecule has 36 heavy (non-hydrogen) atoms. The van der Waals surface area contributed by atoms with Gasteiger partial charge < -0.3 is 9.15 Å². The zero-order valence-corrected chi connectivity index (χ0v) is 21.3. The fourth-order valence-corrected chi connectivity index (χ4v) is 5.23. The Morgan fingerprint density at radius 1 is 1.00 bits per heavy atom. The smallest absolute Gasteiger partial charge is 0.311 e. The monoisotopic (exact) mass is 515 g/mol. The summed E-state index contributed by atoms with van der Waals surface area (Å²) in [4.78, 5) is 13.1. The van der Waals surface area contributed by atoms with Gasteiger partial charge in [0.2, 0.25) is 6.10 Å². The summed E-state index contributed by atoms with van der Waals surface area (Å²) in [5, 5.41) is 10.9. The van der Waals surface area contributed by atoms with Gasteiger partial charge in [-0.05, 0) is 23.0 Å². The first-order chi connectivity index (χ1) is 17.3. The summed E-state index contributed by atoms with van der Waals surface area (Å²) < 4.78 is 12.3. The Hall–Kier alpha value is -3.52. The van der Waals surface area contributed by atoms with E-state index in [1.54, 1.807) is 12.1 Å². The Morgan fingerprint density at radius 3 is 2.25 bits per heavy atom. The number of para-hydroxylation sites is 1. The largest absolute Gasteiger partial charge is 0.455 e. The number of carbonyl (C=O) groups is 1. The quantitative estimate of drug-likeness (QED) is 0.241. The molecule has 0 bridgehead atoms. The van der Waals surface area contributed by atoms with Gasteiger partial charge in [0.15, 0.2) is 0 Å². The van der Waals surface area contributed by atoms with E-state index >= 15 is 0 Å². The lowest BCUT2D eigenvalue weighted by atomic mass is 9.97. The molecule has 4 aromatic rings. The van der Waals surface area contributed by atoms with Gasteiger partial charge in [0.05, 0.1) is 11.5 Å². The van der Waals surface area contributed by atoms with Crippen LogP contribution in [0.25, 0.3) is 33.4 Å². The predicted octanol–water partition coefficient (Wildman–Crippen LogP) is 8.47. The van der Waals surface area contributed by atoms with E-state index in [1.807, 2.05) is 86.6 Å². The Morgan fingerprint density at radius 2 is 1.64 bits per heavy atom. The number of nitriles is 1. The topological polar surface area (TPSA) is 63.2 Å². The van der Waals surface area contributed by atoms with Gasteiger partial charge in [0, 0.05) is 16.5 Å². The zero-order valence-electron chi connectivity index (χ0n) is 19.7. The van der Waals surface area contributed by atoms with E-state index in [-0.39, 0.29) is 15.8 Å². The van der Waals surface area contributed by atoms with E-state index < -0.39 is 18.0 Å². The SMILES string of the molecule is CC1(C)C(C=C(Cl)Cl)C1C(=O)OC(C#N)c1cccc2c(-c3ccccc3)c(-c3ccccc3)oc12. The predicted molar refractivity (Wildman–Crippen MR) is 142 cm³/mol. The minimum absolute atomic E-state index is 0.113. The molecule has 1 aliphatic carbocycles. The fraction of sp³-hybridized carbons (Fsp3) is 0.200. The maximum absolute atomic E-state index is 13.1. The first kappa shape index (κ1) is 24.2. The molecule has 0 radical (unpaired) electrons. The average molecular weight is 516 g/mol. The normalized spacial score (nSPS) is 18.8. The van der Waals surface area contributed by atoms with Crippen LogP contribution in [0.2, 0.25) is 0 Å². The van der Waals surface area contributed by atoms with Crippen LogP contribution in [0.4, 0.5) is 0 Å². The Bertz CT molecular complexity index is 1500. The Balaban J connectivity index is 1.58. The third kappa shape index (κ3) is 4.30. The maximum Gasteiger partial charge on any atom is 0.311 e. The first-order valence-corrected chi connectivity index (χ1v) is 12.4. The third-order valence-electron chi connectivity index (χ3n) is 6.95. The van der Waals surface area contributed by atoms with Gasteiger partial charge >= 0.3 is 5.97 Å². The zero-order chi connectivity index (χ0) is 25.4. The molecule has 0 spiro atoms. The lowest BCUT2D eigenvalue weighted by Gasteiger charge is -2.12.